The van der Waals surface area contributed by atoms with E-state index in [0.29, 0.717) is 34.6 Å². The number of aromatic nitrogens is 2. The Hall–Kier alpha value is -2.48. The predicted octanol–water partition coefficient (Wildman–Crippen LogP) is 2.92. The molecule has 28 heavy (non-hydrogen) atoms. The number of methoxy groups -OCH3 is 2. The third-order valence-electron chi connectivity index (χ3n) is 4.60. The van der Waals surface area contributed by atoms with Crippen molar-refractivity contribution in [3.8, 4) is 11.5 Å². The highest BCUT2D eigenvalue weighted by atomic mass is 32.2. The summed E-state index contributed by atoms with van der Waals surface area (Å²) in [4.78, 5) is 30.0. The Balaban J connectivity index is 1.79. The molecular formula is C20H25N3O4S. The van der Waals surface area contributed by atoms with E-state index >= 15 is 0 Å². The number of thioether (sulfide) groups is 1. The zero-order chi connectivity index (χ0) is 20.5. The Bertz CT molecular complexity index is 949. The molecule has 1 aliphatic rings. The average Bonchev–Trinajstić information content (AvgIpc) is 2.67. The van der Waals surface area contributed by atoms with Crippen LogP contribution in [0.3, 0.4) is 0 Å². The van der Waals surface area contributed by atoms with E-state index in [9.17, 15) is 9.59 Å². The lowest BCUT2D eigenvalue weighted by Gasteiger charge is -2.26. The van der Waals surface area contributed by atoms with Gasteiger partial charge in [0, 0.05) is 29.8 Å². The molecule has 1 atom stereocenters. The molecule has 0 fully saturated rings. The number of anilines is 1. The van der Waals surface area contributed by atoms with Crippen LogP contribution in [0.15, 0.2) is 34.2 Å². The summed E-state index contributed by atoms with van der Waals surface area (Å²) in [5.41, 5.74) is 1.01. The van der Waals surface area contributed by atoms with E-state index in [4.69, 9.17) is 9.47 Å². The predicted molar refractivity (Wildman–Crippen MR) is 110 cm³/mol. The van der Waals surface area contributed by atoms with Gasteiger partial charge in [-0.15, -0.1) is 0 Å². The number of rotatable bonds is 4. The summed E-state index contributed by atoms with van der Waals surface area (Å²) in [6.45, 7) is 6.39. The summed E-state index contributed by atoms with van der Waals surface area (Å²) in [6.07, 6.45) is 0. The molecule has 7 nitrogen and oxygen atoms in total. The fourth-order valence-electron chi connectivity index (χ4n) is 2.89. The monoisotopic (exact) mass is 403 g/mol. The summed E-state index contributed by atoms with van der Waals surface area (Å²) < 4.78 is 12.1. The van der Waals surface area contributed by atoms with E-state index in [1.165, 1.54) is 18.9 Å². The number of benzene rings is 1. The average molecular weight is 404 g/mol. The van der Waals surface area contributed by atoms with Crippen LogP contribution in [0.1, 0.15) is 26.5 Å². The van der Waals surface area contributed by atoms with Gasteiger partial charge in [-0.1, -0.05) is 32.5 Å². The number of hydrogen-bond donors (Lipinski definition) is 1. The van der Waals surface area contributed by atoms with Gasteiger partial charge in [-0.3, -0.25) is 14.2 Å². The minimum absolute atomic E-state index is 0.123. The van der Waals surface area contributed by atoms with Crippen LogP contribution in [0.5, 0.6) is 11.5 Å². The first-order valence-electron chi connectivity index (χ1n) is 9.01. The van der Waals surface area contributed by atoms with Crippen molar-refractivity contribution < 1.29 is 14.3 Å². The van der Waals surface area contributed by atoms with Crippen LogP contribution in [-0.4, -0.2) is 35.4 Å². The summed E-state index contributed by atoms with van der Waals surface area (Å²) in [6, 6.07) is 6.77. The number of carbonyl (C=O) groups is 1. The van der Waals surface area contributed by atoms with Crippen molar-refractivity contribution in [1.29, 1.82) is 0 Å². The molecule has 1 amide bonds. The van der Waals surface area contributed by atoms with Gasteiger partial charge < -0.3 is 14.8 Å². The van der Waals surface area contributed by atoms with Gasteiger partial charge >= 0.3 is 0 Å². The van der Waals surface area contributed by atoms with Gasteiger partial charge in [0.1, 0.15) is 11.5 Å². The first kappa shape index (κ1) is 20.3. The number of nitrogens with one attached hydrogen (secondary N) is 1. The van der Waals surface area contributed by atoms with Gasteiger partial charge in [0.15, 0.2) is 5.16 Å². The van der Waals surface area contributed by atoms with Gasteiger partial charge in [0.25, 0.3) is 5.56 Å². The van der Waals surface area contributed by atoms with Gasteiger partial charge in [-0.2, -0.15) is 0 Å². The molecule has 0 aliphatic carbocycles. The van der Waals surface area contributed by atoms with Crippen molar-refractivity contribution in [1.82, 2.24) is 9.55 Å². The normalized spacial score (nSPS) is 16.2. The van der Waals surface area contributed by atoms with Crippen LogP contribution in [0.25, 0.3) is 0 Å². The van der Waals surface area contributed by atoms with E-state index in [0.717, 1.165) is 5.69 Å². The molecular weight excluding hydrogens is 378 g/mol. The number of carbonyl (C=O) groups excluding carboxylic acids is 1. The van der Waals surface area contributed by atoms with Crippen LogP contribution >= 0.6 is 11.8 Å². The summed E-state index contributed by atoms with van der Waals surface area (Å²) in [5, 5.41) is 3.57. The molecule has 8 heteroatoms. The summed E-state index contributed by atoms with van der Waals surface area (Å²) in [5.74, 6) is 1.22. The Kier molecular flexibility index (Phi) is 5.69. The second-order valence-corrected chi connectivity index (χ2v) is 8.67. The highest BCUT2D eigenvalue weighted by Crippen LogP contribution is 2.31. The largest absolute Gasteiger partial charge is 0.497 e. The molecule has 1 N–H and O–H groups in total. The number of fused-ring (bicyclic) bond motifs is 1. The molecule has 0 bridgehead atoms. The van der Waals surface area contributed by atoms with Gasteiger partial charge in [0.05, 0.1) is 31.5 Å². The minimum Gasteiger partial charge on any atom is -0.497 e. The summed E-state index contributed by atoms with van der Waals surface area (Å²) in [7, 11) is 3.11. The van der Waals surface area contributed by atoms with Crippen molar-refractivity contribution in [2.24, 2.45) is 5.92 Å². The van der Waals surface area contributed by atoms with E-state index in [1.54, 1.807) is 35.9 Å². The molecule has 0 saturated heterocycles. The molecule has 2 aromatic rings. The van der Waals surface area contributed by atoms with E-state index in [1.807, 2.05) is 20.8 Å². The highest BCUT2D eigenvalue weighted by Gasteiger charge is 2.29. The Morgan fingerprint density at radius 1 is 1.25 bits per heavy atom. The lowest BCUT2D eigenvalue weighted by molar-refractivity contribution is -0.119. The number of hydrogen-bond acceptors (Lipinski definition) is 6. The van der Waals surface area contributed by atoms with Crippen molar-refractivity contribution >= 4 is 23.4 Å². The van der Waals surface area contributed by atoms with Crippen molar-refractivity contribution in [2.45, 2.75) is 37.9 Å². The quantitative estimate of drug-likeness (QED) is 0.791. The topological polar surface area (TPSA) is 82.5 Å². The van der Waals surface area contributed by atoms with Crippen molar-refractivity contribution in [3.63, 3.8) is 0 Å². The van der Waals surface area contributed by atoms with Crippen LogP contribution in [0, 0.1) is 5.92 Å². The molecule has 3 rings (SSSR count). The van der Waals surface area contributed by atoms with Gasteiger partial charge in [0.2, 0.25) is 5.91 Å². The molecule has 1 aromatic carbocycles. The molecule has 0 saturated carbocycles. The number of ether oxygens (including phenoxy) is 2. The van der Waals surface area contributed by atoms with E-state index < -0.39 is 0 Å². The second-order valence-electron chi connectivity index (χ2n) is 7.69. The highest BCUT2D eigenvalue weighted by molar-refractivity contribution is 7.99. The maximum absolute atomic E-state index is 12.8. The summed E-state index contributed by atoms with van der Waals surface area (Å²) >= 11 is 1.44. The zero-order valence-corrected chi connectivity index (χ0v) is 17.6. The van der Waals surface area contributed by atoms with Crippen molar-refractivity contribution in [3.05, 3.63) is 40.3 Å². The SMILES string of the molecule is COc1ccc(NC(=O)C2CSc3nc(C(C)(C)C)cc(=O)n3C2)c(OC)c1. The smallest absolute Gasteiger partial charge is 0.254 e. The van der Waals surface area contributed by atoms with Crippen LogP contribution in [0.2, 0.25) is 0 Å². The maximum Gasteiger partial charge on any atom is 0.254 e. The Labute approximate surface area is 168 Å². The molecule has 1 aliphatic heterocycles. The lowest BCUT2D eigenvalue weighted by Crippen LogP contribution is -2.37. The van der Waals surface area contributed by atoms with Gasteiger partial charge in [-0.05, 0) is 12.1 Å². The second kappa shape index (κ2) is 7.87. The molecule has 1 unspecified atom stereocenters. The Morgan fingerprint density at radius 2 is 2.00 bits per heavy atom. The molecule has 0 radical (unpaired) electrons. The lowest BCUT2D eigenvalue weighted by atomic mass is 9.92. The molecule has 0 spiro atoms. The van der Waals surface area contributed by atoms with E-state index in [-0.39, 0.29) is 22.8 Å². The molecule has 2 heterocycles. The molecule has 150 valence electrons. The van der Waals surface area contributed by atoms with Crippen molar-refractivity contribution in [2.75, 3.05) is 25.3 Å². The third kappa shape index (κ3) is 4.16. The minimum atomic E-state index is -0.343. The fraction of sp³-hybridized carbons (Fsp3) is 0.450. The standard InChI is InChI=1S/C20H25N3O4S/c1-20(2,3)16-9-17(24)23-10-12(11-28-19(23)22-16)18(25)21-14-7-6-13(26-4)8-15(14)27-5/h6-9,12H,10-11H2,1-5H3,(H,21,25). The Morgan fingerprint density at radius 3 is 2.64 bits per heavy atom. The first-order chi connectivity index (χ1) is 13.2. The van der Waals surface area contributed by atoms with E-state index in [2.05, 4.69) is 10.3 Å². The molecule has 1 aromatic heterocycles. The van der Waals surface area contributed by atoms with Gasteiger partial charge in [-0.25, -0.2) is 4.98 Å². The zero-order valence-electron chi connectivity index (χ0n) is 16.7. The number of nitrogens with zero attached hydrogens (tertiary/aromatic N) is 2. The van der Waals surface area contributed by atoms with Crippen LogP contribution in [-0.2, 0) is 16.8 Å². The maximum atomic E-state index is 12.8. The first-order valence-corrected chi connectivity index (χ1v) is 9.99. The van der Waals surface area contributed by atoms with Crippen LogP contribution in [0.4, 0.5) is 5.69 Å². The fourth-order valence-corrected chi connectivity index (χ4v) is 3.98. The third-order valence-corrected chi connectivity index (χ3v) is 5.73. The van der Waals surface area contributed by atoms with Crippen LogP contribution < -0.4 is 20.3 Å². The number of amides is 1.